The fourth-order valence-corrected chi connectivity index (χ4v) is 3.33. The maximum atomic E-state index is 10.7. The van der Waals surface area contributed by atoms with Crippen LogP contribution >= 0.6 is 0 Å². The number of allylic oxidation sites excluding steroid dienone is 1. The molecule has 6 nitrogen and oxygen atoms in total. The van der Waals surface area contributed by atoms with Gasteiger partial charge in [0.2, 0.25) is 0 Å². The first-order chi connectivity index (χ1) is 14.5. The number of unbranched alkanes of at least 4 members (excludes halogenated alkanes) is 14. The van der Waals surface area contributed by atoms with Gasteiger partial charge in [-0.1, -0.05) is 90.4 Å². The van der Waals surface area contributed by atoms with Gasteiger partial charge in [-0.25, -0.2) is 0 Å². The average Bonchev–Trinajstić information content (AvgIpc) is 2.62. The summed E-state index contributed by atoms with van der Waals surface area (Å²) in [6.45, 7) is 2.34. The van der Waals surface area contributed by atoms with E-state index in [1.807, 2.05) is 0 Å². The summed E-state index contributed by atoms with van der Waals surface area (Å²) in [5.41, 5.74) is 0. The maximum absolute atomic E-state index is 10.7. The van der Waals surface area contributed by atoms with Gasteiger partial charge in [0.05, 0.1) is 33.4 Å². The molecule has 0 spiro atoms. The number of aliphatic carboxylic acids is 1. The van der Waals surface area contributed by atoms with Crippen LogP contribution in [-0.4, -0.2) is 52.8 Å². The molecule has 0 aromatic carbocycles. The molecule has 0 aromatic rings. The van der Waals surface area contributed by atoms with Crippen molar-refractivity contribution in [3.63, 3.8) is 0 Å². The van der Waals surface area contributed by atoms with Crippen LogP contribution in [0.4, 0.5) is 0 Å². The summed E-state index contributed by atoms with van der Waals surface area (Å²) in [7, 11) is 2.07. The Morgan fingerprint density at radius 3 is 1.48 bits per heavy atom. The van der Waals surface area contributed by atoms with Crippen LogP contribution in [0.25, 0.3) is 0 Å². The van der Waals surface area contributed by atoms with Crippen molar-refractivity contribution in [3.8, 4) is 0 Å². The number of quaternary nitrogens is 1. The third-order valence-corrected chi connectivity index (χ3v) is 5.12. The van der Waals surface area contributed by atoms with E-state index < -0.39 is 16.1 Å². The molecule has 0 amide bonds. The van der Waals surface area contributed by atoms with Gasteiger partial charge < -0.3 is 18.6 Å². The molecule has 0 saturated heterocycles. The minimum Gasteiger partial charge on any atom is -0.544 e. The molecule has 0 unspecified atom stereocenters. The molecule has 0 aliphatic rings. The SMILES string of the molecule is CCCCCCCCCCCCCCCC/C=C/OS(C)(=O)=O.C[N+](C)(C)CC(=O)[O-]. The van der Waals surface area contributed by atoms with E-state index in [4.69, 9.17) is 0 Å². The summed E-state index contributed by atoms with van der Waals surface area (Å²) in [6.07, 6.45) is 24.0. The first-order valence-corrected chi connectivity index (χ1v) is 13.8. The molecule has 0 rings (SSSR count). The second-order valence-electron chi connectivity index (χ2n) is 9.38. The van der Waals surface area contributed by atoms with Crippen molar-refractivity contribution >= 4 is 16.1 Å². The minimum atomic E-state index is -3.33. The van der Waals surface area contributed by atoms with E-state index in [1.165, 1.54) is 89.7 Å². The van der Waals surface area contributed by atoms with Crippen molar-refractivity contribution in [1.29, 1.82) is 0 Å². The molecule has 31 heavy (non-hydrogen) atoms. The highest BCUT2D eigenvalue weighted by molar-refractivity contribution is 7.86. The Bertz CT molecular complexity index is 539. The van der Waals surface area contributed by atoms with Crippen molar-refractivity contribution < 1.29 is 27.0 Å². The van der Waals surface area contributed by atoms with Gasteiger partial charge in [0.1, 0.15) is 12.8 Å². The highest BCUT2D eigenvalue weighted by Gasteiger charge is 2.04. The maximum Gasteiger partial charge on any atom is 0.305 e. The second kappa shape index (κ2) is 20.8. The molecule has 0 atom stereocenters. The van der Waals surface area contributed by atoms with Crippen LogP contribution in [0.15, 0.2) is 12.3 Å². The zero-order valence-corrected chi connectivity index (χ0v) is 21.7. The average molecular weight is 464 g/mol. The fourth-order valence-electron chi connectivity index (χ4n) is 3.05. The van der Waals surface area contributed by atoms with Gasteiger partial charge in [0.25, 0.3) is 0 Å². The van der Waals surface area contributed by atoms with Gasteiger partial charge in [-0.2, -0.15) is 8.42 Å². The molecule has 0 saturated carbocycles. The molecule has 0 fully saturated rings. The van der Waals surface area contributed by atoms with Crippen LogP contribution in [0.3, 0.4) is 0 Å². The van der Waals surface area contributed by atoms with E-state index in [2.05, 4.69) is 11.1 Å². The molecule has 0 radical (unpaired) electrons. The summed E-state index contributed by atoms with van der Waals surface area (Å²) in [6, 6.07) is 0. The zero-order valence-electron chi connectivity index (χ0n) is 20.9. The lowest BCUT2D eigenvalue weighted by molar-refractivity contribution is -0.864. The number of carbonyl (C=O) groups excluding carboxylic acids is 1. The molecule has 0 N–H and O–H groups in total. The van der Waals surface area contributed by atoms with Gasteiger partial charge in [0, 0.05) is 0 Å². The first kappa shape index (κ1) is 32.1. The lowest BCUT2D eigenvalue weighted by Crippen LogP contribution is -2.45. The monoisotopic (exact) mass is 463 g/mol. The lowest BCUT2D eigenvalue weighted by Gasteiger charge is -2.23. The number of nitrogens with zero attached hydrogens (tertiary/aromatic N) is 1. The Labute approximate surface area is 192 Å². The topological polar surface area (TPSA) is 83.5 Å². The molecule has 0 bridgehead atoms. The number of carboxylic acid groups (broad SMARTS) is 1. The van der Waals surface area contributed by atoms with E-state index >= 15 is 0 Å². The Kier molecular flexibility index (Phi) is 21.5. The van der Waals surface area contributed by atoms with Crippen molar-refractivity contribution in [1.82, 2.24) is 0 Å². The van der Waals surface area contributed by atoms with Gasteiger partial charge in [-0.05, 0) is 18.9 Å². The third-order valence-electron chi connectivity index (χ3n) is 4.65. The summed E-state index contributed by atoms with van der Waals surface area (Å²) >= 11 is 0. The standard InChI is InChI=1S/C19H38O3S.C5H11NO2/c1-3-4-5-6-7-8-9-10-11-12-13-14-15-16-17-18-19-22-23(2,20)21;1-6(2,3)4-5(7)8/h18-19H,3-17H2,1-2H3;4H2,1-3H3/b19-18+;. The van der Waals surface area contributed by atoms with E-state index in [0.29, 0.717) is 4.48 Å². The van der Waals surface area contributed by atoms with Gasteiger partial charge in [-0.15, -0.1) is 0 Å². The van der Waals surface area contributed by atoms with Gasteiger partial charge >= 0.3 is 10.1 Å². The number of hydrogen-bond donors (Lipinski definition) is 0. The Hall–Kier alpha value is -1.08. The smallest absolute Gasteiger partial charge is 0.305 e. The molecular weight excluding hydrogens is 414 g/mol. The predicted molar refractivity (Wildman–Crippen MR) is 128 cm³/mol. The molecule has 0 heterocycles. The normalized spacial score (nSPS) is 11.9. The molecule has 0 aromatic heterocycles. The largest absolute Gasteiger partial charge is 0.544 e. The number of carboxylic acids is 1. The number of carbonyl (C=O) groups is 1. The molecule has 186 valence electrons. The summed E-state index contributed by atoms with van der Waals surface area (Å²) in [5.74, 6) is -1.00. The predicted octanol–water partition coefficient (Wildman–Crippen LogP) is 4.79. The minimum absolute atomic E-state index is 0.0694. The van der Waals surface area contributed by atoms with E-state index in [1.54, 1.807) is 27.2 Å². The van der Waals surface area contributed by atoms with Crippen LogP contribution in [0, 0.1) is 0 Å². The molecular formula is C24H49NO5S. The summed E-state index contributed by atoms with van der Waals surface area (Å²) in [5, 5.41) is 9.89. The summed E-state index contributed by atoms with van der Waals surface area (Å²) in [4.78, 5) is 9.89. The Morgan fingerprint density at radius 1 is 0.806 bits per heavy atom. The van der Waals surface area contributed by atoms with E-state index in [-0.39, 0.29) is 6.54 Å². The Morgan fingerprint density at radius 2 is 1.19 bits per heavy atom. The molecule has 0 aliphatic heterocycles. The van der Waals surface area contributed by atoms with Crippen molar-refractivity contribution in [2.45, 2.75) is 103 Å². The zero-order chi connectivity index (χ0) is 24.0. The van der Waals surface area contributed by atoms with Crippen LogP contribution in [0.1, 0.15) is 103 Å². The third kappa shape index (κ3) is 36.6. The van der Waals surface area contributed by atoms with Gasteiger partial charge in [-0.3, -0.25) is 0 Å². The first-order valence-electron chi connectivity index (χ1n) is 12.0. The molecule has 0 aliphatic carbocycles. The number of hydrogen-bond acceptors (Lipinski definition) is 5. The highest BCUT2D eigenvalue weighted by Crippen LogP contribution is 2.13. The van der Waals surface area contributed by atoms with Crippen molar-refractivity contribution in [2.24, 2.45) is 0 Å². The van der Waals surface area contributed by atoms with E-state index in [0.717, 1.165) is 19.1 Å². The van der Waals surface area contributed by atoms with Gasteiger partial charge in [0.15, 0.2) is 0 Å². The number of likely N-dealkylation sites (N-methyl/N-ethyl adjacent to an activating group) is 1. The van der Waals surface area contributed by atoms with Crippen molar-refractivity contribution in [3.05, 3.63) is 12.3 Å². The van der Waals surface area contributed by atoms with Crippen LogP contribution < -0.4 is 5.11 Å². The quantitative estimate of drug-likeness (QED) is 0.119. The van der Waals surface area contributed by atoms with E-state index in [9.17, 15) is 18.3 Å². The summed E-state index contributed by atoms with van der Waals surface area (Å²) < 4.78 is 26.4. The highest BCUT2D eigenvalue weighted by atomic mass is 32.2. The van der Waals surface area contributed by atoms with Crippen molar-refractivity contribution in [2.75, 3.05) is 33.9 Å². The van der Waals surface area contributed by atoms with Crippen LogP contribution in [0.5, 0.6) is 0 Å². The molecule has 7 heteroatoms. The second-order valence-corrected chi connectivity index (χ2v) is 11.0. The van der Waals surface area contributed by atoms with Crippen LogP contribution in [0.2, 0.25) is 0 Å². The number of rotatable bonds is 19. The Balaban J connectivity index is 0. The lowest BCUT2D eigenvalue weighted by atomic mass is 10.0. The fraction of sp³-hybridized carbons (Fsp3) is 0.875. The van der Waals surface area contributed by atoms with Crippen LogP contribution in [-0.2, 0) is 19.1 Å².